The smallest absolute Gasteiger partial charge is 0.269 e. The minimum atomic E-state index is -1.25. The predicted octanol–water partition coefficient (Wildman–Crippen LogP) is 0.903. The zero-order valence-electron chi connectivity index (χ0n) is 13.7. The van der Waals surface area contributed by atoms with Crippen molar-refractivity contribution in [2.75, 3.05) is 0 Å². The van der Waals surface area contributed by atoms with Gasteiger partial charge in [0.2, 0.25) is 5.91 Å². The second kappa shape index (κ2) is 7.77. The zero-order chi connectivity index (χ0) is 17.7. The van der Waals surface area contributed by atoms with E-state index in [2.05, 4.69) is 24.7 Å². The molecule has 0 bridgehead atoms. The van der Waals surface area contributed by atoms with Gasteiger partial charge < -0.3 is 9.90 Å². The first-order chi connectivity index (χ1) is 11.4. The first-order valence-electron chi connectivity index (χ1n) is 7.96. The van der Waals surface area contributed by atoms with Crippen LogP contribution in [0, 0.1) is 11.8 Å². The fourth-order valence-corrected chi connectivity index (χ4v) is 2.67. The van der Waals surface area contributed by atoms with Gasteiger partial charge in [-0.1, -0.05) is 38.1 Å². The molecule has 0 aromatic heterocycles. The number of carbonyl (C=O) groups excluding carboxylic acids is 3. The molecule has 1 aromatic carbocycles. The Morgan fingerprint density at radius 3 is 2.12 bits per heavy atom. The number of hydrogen-bond donors (Lipinski definition) is 2. The lowest BCUT2D eigenvalue weighted by Crippen LogP contribution is -2.49. The van der Waals surface area contributed by atoms with Gasteiger partial charge in [-0.05, 0) is 36.5 Å². The van der Waals surface area contributed by atoms with Gasteiger partial charge in [0.05, 0.1) is 5.92 Å². The van der Waals surface area contributed by atoms with E-state index in [1.54, 1.807) is 24.3 Å². The van der Waals surface area contributed by atoms with Crippen LogP contribution in [0.15, 0.2) is 36.4 Å². The summed E-state index contributed by atoms with van der Waals surface area (Å²) in [6.07, 6.45) is 4.05. The lowest BCUT2D eigenvalue weighted by molar-refractivity contribution is -0.313. The molecule has 0 unspecified atom stereocenters. The summed E-state index contributed by atoms with van der Waals surface area (Å²) >= 11 is 0. The van der Waals surface area contributed by atoms with Crippen LogP contribution < -0.4 is 16.0 Å². The summed E-state index contributed by atoms with van der Waals surface area (Å²) in [6, 6.07) is 7.09. The number of benzene rings is 1. The van der Waals surface area contributed by atoms with Gasteiger partial charge in [-0.25, -0.2) is 0 Å². The van der Waals surface area contributed by atoms with Crippen LogP contribution in [0.3, 0.4) is 0 Å². The zero-order valence-corrected chi connectivity index (χ0v) is 13.7. The van der Waals surface area contributed by atoms with Crippen LogP contribution in [0.5, 0.6) is 0 Å². The van der Waals surface area contributed by atoms with Gasteiger partial charge in [-0.2, -0.15) is 0 Å². The average molecular weight is 329 g/mol. The monoisotopic (exact) mass is 329 g/mol. The van der Waals surface area contributed by atoms with Gasteiger partial charge >= 0.3 is 0 Å². The minimum Gasteiger partial charge on any atom is -0.550 e. The van der Waals surface area contributed by atoms with Crippen LogP contribution in [0.4, 0.5) is 0 Å². The molecular weight excluding hydrogens is 308 g/mol. The third-order valence-corrected chi connectivity index (χ3v) is 4.21. The molecule has 0 fully saturated rings. The third-order valence-electron chi connectivity index (χ3n) is 4.21. The van der Waals surface area contributed by atoms with Crippen LogP contribution in [0.1, 0.15) is 48.5 Å². The molecule has 2 amide bonds. The van der Waals surface area contributed by atoms with E-state index in [1.165, 1.54) is 0 Å². The van der Waals surface area contributed by atoms with Gasteiger partial charge in [0.15, 0.2) is 0 Å². The molecule has 6 nitrogen and oxygen atoms in total. The molecule has 0 saturated carbocycles. The van der Waals surface area contributed by atoms with Gasteiger partial charge in [0.1, 0.15) is 0 Å². The van der Waals surface area contributed by atoms with Crippen LogP contribution in [-0.2, 0) is 9.59 Å². The molecule has 0 radical (unpaired) electrons. The van der Waals surface area contributed by atoms with E-state index < -0.39 is 29.6 Å². The molecule has 24 heavy (non-hydrogen) atoms. The summed E-state index contributed by atoms with van der Waals surface area (Å²) in [5, 5.41) is 11.1. The van der Waals surface area contributed by atoms with Crippen molar-refractivity contribution in [2.24, 2.45) is 11.8 Å². The van der Waals surface area contributed by atoms with Crippen LogP contribution in [0.25, 0.3) is 0 Å². The number of aliphatic carboxylic acids is 1. The minimum absolute atomic E-state index is 0.255. The molecule has 0 aliphatic heterocycles. The molecule has 1 aromatic rings. The summed E-state index contributed by atoms with van der Waals surface area (Å²) < 4.78 is 0. The lowest BCUT2D eigenvalue weighted by atomic mass is 9.82. The van der Waals surface area contributed by atoms with Crippen molar-refractivity contribution >= 4 is 17.8 Å². The Labute approximate surface area is 140 Å². The predicted molar refractivity (Wildman–Crippen MR) is 86.5 cm³/mol. The second-order valence-electron chi connectivity index (χ2n) is 6.19. The van der Waals surface area contributed by atoms with Gasteiger partial charge in [0, 0.05) is 17.5 Å². The molecule has 1 aliphatic carbocycles. The summed E-state index contributed by atoms with van der Waals surface area (Å²) in [5.74, 6) is -3.49. The number of hydrazine groups is 1. The molecule has 2 rings (SSSR count). The number of rotatable bonds is 4. The fraction of sp³-hybridized carbons (Fsp3) is 0.389. The first-order valence-corrected chi connectivity index (χ1v) is 7.96. The number of hydrogen-bond acceptors (Lipinski definition) is 4. The van der Waals surface area contributed by atoms with E-state index >= 15 is 0 Å². The Morgan fingerprint density at radius 2 is 1.58 bits per heavy atom. The van der Waals surface area contributed by atoms with Crippen molar-refractivity contribution in [2.45, 2.75) is 32.6 Å². The van der Waals surface area contributed by atoms with Crippen molar-refractivity contribution < 1.29 is 19.5 Å². The standard InChI is InChI=1S/C18H22N2O4/c1-11(2)12-7-9-13(10-8-12)16(21)19-20-17(22)14-5-3-4-6-15(14)18(23)24/h3-4,7-11,14-15H,5-6H2,1-2H3,(H,19,21)(H,20,22)(H,23,24)/p-1/t14-,15-/m0/s1. The Bertz CT molecular complexity index is 649. The highest BCUT2D eigenvalue weighted by Crippen LogP contribution is 2.25. The number of carboxylic acids is 1. The topological polar surface area (TPSA) is 98.3 Å². The van der Waals surface area contributed by atoms with Gasteiger partial charge in [0.25, 0.3) is 5.91 Å². The van der Waals surface area contributed by atoms with Crippen molar-refractivity contribution in [1.29, 1.82) is 0 Å². The van der Waals surface area contributed by atoms with Gasteiger partial charge in [-0.3, -0.25) is 20.4 Å². The maximum Gasteiger partial charge on any atom is 0.269 e. The van der Waals surface area contributed by atoms with E-state index in [-0.39, 0.29) is 6.42 Å². The van der Waals surface area contributed by atoms with Crippen LogP contribution >= 0.6 is 0 Å². The highest BCUT2D eigenvalue weighted by Gasteiger charge is 2.30. The summed E-state index contributed by atoms with van der Waals surface area (Å²) in [5.41, 5.74) is 6.17. The van der Waals surface area contributed by atoms with E-state index in [9.17, 15) is 19.5 Å². The SMILES string of the molecule is CC(C)c1ccc(C(=O)NNC(=O)[C@H]2CC=CC[C@@H]2C(=O)[O-])cc1. The van der Waals surface area contributed by atoms with E-state index in [0.29, 0.717) is 17.9 Å². The third kappa shape index (κ3) is 4.22. The maximum absolute atomic E-state index is 12.1. The van der Waals surface area contributed by atoms with Gasteiger partial charge in [-0.15, -0.1) is 0 Å². The van der Waals surface area contributed by atoms with Crippen molar-refractivity contribution in [3.8, 4) is 0 Å². The highest BCUT2D eigenvalue weighted by molar-refractivity contribution is 5.96. The van der Waals surface area contributed by atoms with E-state index in [0.717, 1.165) is 5.56 Å². The number of allylic oxidation sites excluding steroid dienone is 2. The largest absolute Gasteiger partial charge is 0.550 e. The van der Waals surface area contributed by atoms with E-state index in [4.69, 9.17) is 0 Å². The first kappa shape index (κ1) is 17.7. The van der Waals surface area contributed by atoms with Crippen molar-refractivity contribution in [3.05, 3.63) is 47.5 Å². The molecular formula is C18H21N2O4-. The Kier molecular flexibility index (Phi) is 5.73. The average Bonchev–Trinajstić information content (AvgIpc) is 2.59. The quantitative estimate of drug-likeness (QED) is 0.633. The molecule has 6 heteroatoms. The number of amides is 2. The number of carbonyl (C=O) groups is 3. The summed E-state index contributed by atoms with van der Waals surface area (Å²) in [7, 11) is 0. The number of carboxylic acid groups (broad SMARTS) is 1. The molecule has 0 saturated heterocycles. The second-order valence-corrected chi connectivity index (χ2v) is 6.19. The Morgan fingerprint density at radius 1 is 1.00 bits per heavy atom. The molecule has 0 heterocycles. The van der Waals surface area contributed by atoms with Crippen LogP contribution in [0.2, 0.25) is 0 Å². The van der Waals surface area contributed by atoms with Crippen LogP contribution in [-0.4, -0.2) is 17.8 Å². The fourth-order valence-electron chi connectivity index (χ4n) is 2.67. The molecule has 1 aliphatic rings. The summed E-state index contributed by atoms with van der Waals surface area (Å²) in [6.45, 7) is 4.11. The molecule has 2 atom stereocenters. The Balaban J connectivity index is 1.94. The Hall–Kier alpha value is -2.63. The maximum atomic E-state index is 12.1. The van der Waals surface area contributed by atoms with Crippen molar-refractivity contribution in [1.82, 2.24) is 10.9 Å². The number of nitrogens with one attached hydrogen (secondary N) is 2. The lowest BCUT2D eigenvalue weighted by Gasteiger charge is -2.28. The van der Waals surface area contributed by atoms with E-state index in [1.807, 2.05) is 12.1 Å². The molecule has 0 spiro atoms. The van der Waals surface area contributed by atoms with Crippen molar-refractivity contribution in [3.63, 3.8) is 0 Å². The highest BCUT2D eigenvalue weighted by atomic mass is 16.4. The normalized spacial score (nSPS) is 19.8. The summed E-state index contributed by atoms with van der Waals surface area (Å²) in [4.78, 5) is 35.3. The molecule has 128 valence electrons. The molecule has 2 N–H and O–H groups in total.